The average Bonchev–Trinajstić information content (AvgIpc) is 2.88. The molecule has 0 aliphatic heterocycles. The second-order valence-corrected chi connectivity index (χ2v) is 10.8. The summed E-state index contributed by atoms with van der Waals surface area (Å²) in [5, 5.41) is 0. The van der Waals surface area contributed by atoms with E-state index >= 15 is 0 Å². The topological polar surface area (TPSA) is 20.3 Å². The minimum absolute atomic E-state index is 0.0399. The van der Waals surface area contributed by atoms with Crippen molar-refractivity contribution in [3.05, 3.63) is 71.3 Å². The van der Waals surface area contributed by atoms with Gasteiger partial charge in [0.15, 0.2) is 0 Å². The average molecular weight is 474 g/mol. The lowest BCUT2D eigenvalue weighted by atomic mass is 9.77. The number of unbranched alkanes of at least 4 members (excludes halogenated alkanes) is 2. The number of amides is 1. The molecule has 0 saturated heterocycles. The number of hydrogen-bond acceptors (Lipinski definition) is 1. The van der Waals surface area contributed by atoms with Gasteiger partial charge in [-0.3, -0.25) is 4.79 Å². The maximum Gasteiger partial charge on any atom is 0.248 e. The minimum atomic E-state index is 0.0399. The van der Waals surface area contributed by atoms with E-state index in [1.807, 2.05) is 7.05 Å². The molecule has 1 amide bonds. The largest absolute Gasteiger partial charge is 0.342 e. The fourth-order valence-corrected chi connectivity index (χ4v) is 5.73. The summed E-state index contributed by atoms with van der Waals surface area (Å²) in [7, 11) is 1.86. The Bertz CT molecular complexity index is 950. The molecule has 35 heavy (non-hydrogen) atoms. The van der Waals surface area contributed by atoms with Gasteiger partial charge in [-0.25, -0.2) is 0 Å². The molecule has 1 saturated carbocycles. The number of nitrogens with zero attached hydrogens (tertiary/aromatic N) is 1. The van der Waals surface area contributed by atoms with Crippen molar-refractivity contribution in [3.63, 3.8) is 0 Å². The normalized spacial score (nSPS) is 17.8. The fourth-order valence-electron chi connectivity index (χ4n) is 5.73. The highest BCUT2D eigenvalue weighted by Gasteiger charge is 2.22. The number of likely N-dealkylation sites (N-methyl/N-ethyl adjacent to an activating group) is 1. The third-order valence-corrected chi connectivity index (χ3v) is 7.98. The molecule has 190 valence electrons. The molecular formula is C33H47NO. The van der Waals surface area contributed by atoms with Gasteiger partial charge in [0.2, 0.25) is 5.91 Å². The van der Waals surface area contributed by atoms with Crippen LogP contribution in [0.4, 0.5) is 0 Å². The number of aryl methyl sites for hydroxylation is 2. The zero-order valence-corrected chi connectivity index (χ0v) is 22.7. The lowest BCUT2D eigenvalue weighted by Crippen LogP contribution is -2.28. The van der Waals surface area contributed by atoms with Gasteiger partial charge in [-0.05, 0) is 91.5 Å². The molecule has 0 unspecified atom stereocenters. The Labute approximate surface area is 214 Å². The Morgan fingerprint density at radius 1 is 0.971 bits per heavy atom. The molecule has 0 N–H and O–H groups in total. The smallest absolute Gasteiger partial charge is 0.248 e. The van der Waals surface area contributed by atoms with E-state index in [0.29, 0.717) is 5.57 Å². The van der Waals surface area contributed by atoms with Crippen LogP contribution in [0, 0.1) is 5.92 Å². The summed E-state index contributed by atoms with van der Waals surface area (Å²) in [5.41, 5.74) is 7.59. The Morgan fingerprint density at radius 2 is 1.69 bits per heavy atom. The van der Waals surface area contributed by atoms with E-state index in [4.69, 9.17) is 0 Å². The maximum absolute atomic E-state index is 12.0. The third kappa shape index (κ3) is 7.82. The van der Waals surface area contributed by atoms with Gasteiger partial charge in [0.05, 0.1) is 0 Å². The monoisotopic (exact) mass is 473 g/mol. The number of carbonyl (C=O) groups is 1. The fraction of sp³-hybridized carbons (Fsp3) is 0.545. The van der Waals surface area contributed by atoms with Crippen LogP contribution in [0.2, 0.25) is 0 Å². The van der Waals surface area contributed by atoms with E-state index in [1.165, 1.54) is 79.2 Å². The molecule has 2 nitrogen and oxygen atoms in total. The maximum atomic E-state index is 12.0. The molecule has 1 fully saturated rings. The lowest BCUT2D eigenvalue weighted by molar-refractivity contribution is -0.125. The molecule has 1 aliphatic rings. The Morgan fingerprint density at radius 3 is 2.31 bits per heavy atom. The van der Waals surface area contributed by atoms with Crippen LogP contribution >= 0.6 is 0 Å². The minimum Gasteiger partial charge on any atom is -0.342 e. The quantitative estimate of drug-likeness (QED) is 0.223. The van der Waals surface area contributed by atoms with Crippen LogP contribution in [0.1, 0.15) is 101 Å². The Balaban J connectivity index is 1.57. The van der Waals surface area contributed by atoms with E-state index in [1.54, 1.807) is 11.8 Å². The van der Waals surface area contributed by atoms with Crippen molar-refractivity contribution in [2.24, 2.45) is 5.92 Å². The van der Waals surface area contributed by atoms with Crippen molar-refractivity contribution in [1.29, 1.82) is 0 Å². The summed E-state index contributed by atoms with van der Waals surface area (Å²) in [5.74, 6) is 1.75. The first-order chi connectivity index (χ1) is 16.9. The summed E-state index contributed by atoms with van der Waals surface area (Å²) < 4.78 is 0. The second kappa shape index (κ2) is 13.7. The zero-order chi connectivity index (χ0) is 25.2. The van der Waals surface area contributed by atoms with Gasteiger partial charge in [-0.15, -0.1) is 0 Å². The van der Waals surface area contributed by atoms with Crippen molar-refractivity contribution in [1.82, 2.24) is 4.90 Å². The van der Waals surface area contributed by atoms with Crippen molar-refractivity contribution in [2.45, 2.75) is 97.3 Å². The molecule has 0 atom stereocenters. The molecule has 0 aromatic heterocycles. The van der Waals surface area contributed by atoms with Gasteiger partial charge < -0.3 is 4.90 Å². The van der Waals surface area contributed by atoms with E-state index in [9.17, 15) is 4.79 Å². The van der Waals surface area contributed by atoms with Crippen LogP contribution in [-0.2, 0) is 17.6 Å². The van der Waals surface area contributed by atoms with E-state index < -0.39 is 0 Å². The third-order valence-electron chi connectivity index (χ3n) is 7.98. The summed E-state index contributed by atoms with van der Waals surface area (Å²) in [6.07, 6.45) is 14.1. The van der Waals surface area contributed by atoms with Gasteiger partial charge in [0.25, 0.3) is 0 Å². The van der Waals surface area contributed by atoms with Gasteiger partial charge >= 0.3 is 0 Å². The van der Waals surface area contributed by atoms with Crippen molar-refractivity contribution >= 4 is 5.91 Å². The first kappa shape index (κ1) is 27.2. The van der Waals surface area contributed by atoms with Crippen LogP contribution in [-0.4, -0.2) is 24.4 Å². The molecule has 1 aliphatic carbocycles. The van der Waals surface area contributed by atoms with E-state index in [2.05, 4.69) is 62.9 Å². The van der Waals surface area contributed by atoms with Crippen molar-refractivity contribution < 1.29 is 4.79 Å². The SMILES string of the molecule is C=C(C)C(=O)N(C)CCCc1ccc(-c2ccc(C3CCC(CCCCC)CC3)cc2)c(CC)c1. The first-order valence-electron chi connectivity index (χ1n) is 14.1. The van der Waals surface area contributed by atoms with Crippen LogP contribution in [0.25, 0.3) is 11.1 Å². The van der Waals surface area contributed by atoms with Crippen LogP contribution in [0.15, 0.2) is 54.6 Å². The molecule has 3 rings (SSSR count). The van der Waals surface area contributed by atoms with Gasteiger partial charge in [-0.1, -0.05) is 88.6 Å². The van der Waals surface area contributed by atoms with Crippen molar-refractivity contribution in [3.8, 4) is 11.1 Å². The molecule has 2 aromatic carbocycles. The molecular weight excluding hydrogens is 426 g/mol. The summed E-state index contributed by atoms with van der Waals surface area (Å²) in [6.45, 7) is 10.8. The highest BCUT2D eigenvalue weighted by Crippen LogP contribution is 2.38. The number of carbonyl (C=O) groups excluding carboxylic acids is 1. The predicted molar refractivity (Wildman–Crippen MR) is 151 cm³/mol. The molecule has 0 radical (unpaired) electrons. The van der Waals surface area contributed by atoms with Gasteiger partial charge in [0, 0.05) is 19.2 Å². The predicted octanol–water partition coefficient (Wildman–Crippen LogP) is 8.74. The first-order valence-corrected chi connectivity index (χ1v) is 14.1. The summed E-state index contributed by atoms with van der Waals surface area (Å²) >= 11 is 0. The Hall–Kier alpha value is -2.35. The number of benzene rings is 2. The zero-order valence-electron chi connectivity index (χ0n) is 22.7. The van der Waals surface area contributed by atoms with Gasteiger partial charge in [0.1, 0.15) is 0 Å². The van der Waals surface area contributed by atoms with Crippen LogP contribution < -0.4 is 0 Å². The highest BCUT2D eigenvalue weighted by molar-refractivity contribution is 5.91. The van der Waals surface area contributed by atoms with Crippen LogP contribution in [0.3, 0.4) is 0 Å². The van der Waals surface area contributed by atoms with Gasteiger partial charge in [-0.2, -0.15) is 0 Å². The van der Waals surface area contributed by atoms with Crippen LogP contribution in [0.5, 0.6) is 0 Å². The molecule has 0 heterocycles. The number of hydrogen-bond donors (Lipinski definition) is 0. The lowest BCUT2D eigenvalue weighted by Gasteiger charge is -2.29. The summed E-state index contributed by atoms with van der Waals surface area (Å²) in [6, 6.07) is 16.4. The second-order valence-electron chi connectivity index (χ2n) is 10.8. The standard InChI is InChI=1S/C33H47NO/c1-6-8-9-11-26-13-16-29(17-14-26)30-18-20-31(21-19-30)32-22-15-27(24-28(32)7-2)12-10-23-34(5)33(35)25(3)4/h15,18-22,24,26,29H,3,6-14,16-17,23H2,1-2,4-5H3. The highest BCUT2D eigenvalue weighted by atomic mass is 16.2. The molecule has 2 heteroatoms. The number of rotatable bonds is 12. The Kier molecular flexibility index (Phi) is 10.6. The molecule has 2 aromatic rings. The van der Waals surface area contributed by atoms with Crippen molar-refractivity contribution in [2.75, 3.05) is 13.6 Å². The van der Waals surface area contributed by atoms with E-state index in [-0.39, 0.29) is 5.91 Å². The summed E-state index contributed by atoms with van der Waals surface area (Å²) in [4.78, 5) is 13.8. The van der Waals surface area contributed by atoms with E-state index in [0.717, 1.165) is 37.6 Å². The molecule has 0 spiro atoms. The molecule has 0 bridgehead atoms.